The van der Waals surface area contributed by atoms with E-state index in [0.29, 0.717) is 71.3 Å². The van der Waals surface area contributed by atoms with Crippen LogP contribution in [0.1, 0.15) is 65.2 Å². The Bertz CT molecular complexity index is 1980. The van der Waals surface area contributed by atoms with Gasteiger partial charge in [-0.05, 0) is 76.6 Å². The third-order valence-corrected chi connectivity index (χ3v) is 11.3. The van der Waals surface area contributed by atoms with Gasteiger partial charge in [0.05, 0.1) is 41.2 Å². The summed E-state index contributed by atoms with van der Waals surface area (Å²) >= 11 is 7.84. The van der Waals surface area contributed by atoms with E-state index in [9.17, 15) is 22.8 Å². The molecule has 7 rings (SSSR count). The Labute approximate surface area is 290 Å². The molecule has 1 spiro atoms. The minimum absolute atomic E-state index is 0.0676. The first-order chi connectivity index (χ1) is 23.4. The highest BCUT2D eigenvalue weighted by Gasteiger charge is 2.53. The van der Waals surface area contributed by atoms with E-state index in [0.717, 1.165) is 40.8 Å². The van der Waals surface area contributed by atoms with Gasteiger partial charge in [0.2, 0.25) is 0 Å². The number of carbonyl (C=O) groups is 1. The SMILES string of the molecule is COC(=O)c1csc2c(-c3cc(Cl)ccc3OCCn3c(C)nc4c(c3=O)CC(N3CCC(OC(F)(F)F)CC3)CC43CC3)cc(C)nc12. The molecule has 1 saturated carbocycles. The first kappa shape index (κ1) is 34.0. The molecular weight excluding hydrogens is 681 g/mol. The summed E-state index contributed by atoms with van der Waals surface area (Å²) in [4.78, 5) is 38.3. The van der Waals surface area contributed by atoms with Crippen molar-refractivity contribution >= 4 is 39.1 Å². The molecule has 3 aliphatic rings. The molecule has 0 N–H and O–H groups in total. The third-order valence-electron chi connectivity index (χ3n) is 10.0. The second-order valence-electron chi connectivity index (χ2n) is 13.2. The van der Waals surface area contributed by atoms with Crippen LogP contribution in [0.4, 0.5) is 13.2 Å². The number of hydrogen-bond donors (Lipinski definition) is 0. The third kappa shape index (κ3) is 6.70. The van der Waals surface area contributed by atoms with Gasteiger partial charge in [0.1, 0.15) is 18.2 Å². The fourth-order valence-corrected chi connectivity index (χ4v) is 8.70. The number of aryl methyl sites for hydroxylation is 2. The molecule has 9 nitrogen and oxygen atoms in total. The van der Waals surface area contributed by atoms with Crippen LogP contribution < -0.4 is 10.3 Å². The van der Waals surface area contributed by atoms with E-state index in [1.165, 1.54) is 18.4 Å². The zero-order chi connectivity index (χ0) is 34.7. The number of likely N-dealkylation sites (tertiary alicyclic amines) is 1. The fourth-order valence-electron chi connectivity index (χ4n) is 7.52. The smallest absolute Gasteiger partial charge is 0.491 e. The lowest BCUT2D eigenvalue weighted by Crippen LogP contribution is -2.50. The van der Waals surface area contributed by atoms with Crippen LogP contribution in [0.3, 0.4) is 0 Å². The molecule has 14 heteroatoms. The molecular formula is C35H36ClF3N4O5S. The van der Waals surface area contributed by atoms with Crippen molar-refractivity contribution in [3.05, 3.63) is 73.4 Å². The number of rotatable bonds is 8. The summed E-state index contributed by atoms with van der Waals surface area (Å²) in [5.41, 5.74) is 4.56. The van der Waals surface area contributed by atoms with E-state index >= 15 is 0 Å². The Hall–Kier alpha value is -3.52. The lowest BCUT2D eigenvalue weighted by Gasteiger charge is -2.41. The van der Waals surface area contributed by atoms with Gasteiger partial charge >= 0.3 is 12.3 Å². The Balaban J connectivity index is 1.11. The highest BCUT2D eigenvalue weighted by atomic mass is 35.5. The Morgan fingerprint density at radius 3 is 2.57 bits per heavy atom. The molecule has 4 aromatic rings. The van der Waals surface area contributed by atoms with Crippen molar-refractivity contribution in [1.29, 1.82) is 0 Å². The average Bonchev–Trinajstić information content (AvgIpc) is 3.70. The van der Waals surface area contributed by atoms with Crippen LogP contribution in [0.2, 0.25) is 5.02 Å². The van der Waals surface area contributed by atoms with Crippen LogP contribution in [0.15, 0.2) is 34.4 Å². The van der Waals surface area contributed by atoms with Crippen molar-refractivity contribution in [3.63, 3.8) is 0 Å². The largest absolute Gasteiger partial charge is 0.522 e. The highest BCUT2D eigenvalue weighted by Crippen LogP contribution is 2.55. The number of alkyl halides is 3. The van der Waals surface area contributed by atoms with Crippen molar-refractivity contribution in [3.8, 4) is 16.9 Å². The van der Waals surface area contributed by atoms with Crippen LogP contribution >= 0.6 is 22.9 Å². The van der Waals surface area contributed by atoms with Gasteiger partial charge in [0, 0.05) is 57.3 Å². The van der Waals surface area contributed by atoms with Crippen LogP contribution in [-0.4, -0.2) is 70.7 Å². The van der Waals surface area contributed by atoms with E-state index < -0.39 is 18.4 Å². The zero-order valence-corrected chi connectivity index (χ0v) is 28.9. The lowest BCUT2D eigenvalue weighted by atomic mass is 9.80. The molecule has 1 atom stereocenters. The number of esters is 1. The Morgan fingerprint density at radius 1 is 1.12 bits per heavy atom. The van der Waals surface area contributed by atoms with Crippen molar-refractivity contribution in [2.45, 2.75) is 82.8 Å². The lowest BCUT2D eigenvalue weighted by molar-refractivity contribution is -0.346. The van der Waals surface area contributed by atoms with E-state index in [2.05, 4.69) is 14.6 Å². The molecule has 0 amide bonds. The number of pyridine rings is 1. The number of benzene rings is 1. The van der Waals surface area contributed by atoms with Crippen LogP contribution in [0, 0.1) is 13.8 Å². The monoisotopic (exact) mass is 716 g/mol. The zero-order valence-electron chi connectivity index (χ0n) is 27.4. The molecule has 2 aliphatic carbocycles. The molecule has 1 saturated heterocycles. The second-order valence-corrected chi connectivity index (χ2v) is 14.5. The van der Waals surface area contributed by atoms with Gasteiger partial charge in [0.25, 0.3) is 5.56 Å². The number of methoxy groups -OCH3 is 1. The molecule has 4 heterocycles. The second kappa shape index (κ2) is 13.0. The van der Waals surface area contributed by atoms with Crippen LogP contribution in [0.5, 0.6) is 5.75 Å². The standard InChI is InChI=1S/C35H36ClF3N4O5S/c1-19-14-25(30-29(40-19)27(18-49-30)33(45)46-3)24-15-21(36)4-5-28(24)47-13-12-43-20(2)41-31-26(32(43)44)16-22(17-34(31)8-9-34)42-10-6-23(7-11-42)48-35(37,38)39/h4-5,14-15,18,22-23H,6-13,16-17H2,1-3H3. The number of aromatic nitrogens is 3. The van der Waals surface area contributed by atoms with Gasteiger partial charge in [-0.15, -0.1) is 24.5 Å². The van der Waals surface area contributed by atoms with Crippen molar-refractivity contribution in [2.75, 3.05) is 26.8 Å². The fraction of sp³-hybridized carbons (Fsp3) is 0.486. The number of piperidine rings is 1. The quantitative estimate of drug-likeness (QED) is 0.180. The predicted octanol–water partition coefficient (Wildman–Crippen LogP) is 7.00. The highest BCUT2D eigenvalue weighted by molar-refractivity contribution is 7.18. The van der Waals surface area contributed by atoms with E-state index in [4.69, 9.17) is 26.1 Å². The molecule has 49 heavy (non-hydrogen) atoms. The maximum Gasteiger partial charge on any atom is 0.522 e. The number of hydrogen-bond acceptors (Lipinski definition) is 9. The molecule has 1 aliphatic heterocycles. The molecule has 0 radical (unpaired) electrons. The van der Waals surface area contributed by atoms with Gasteiger partial charge in [-0.3, -0.25) is 24.0 Å². The predicted molar refractivity (Wildman–Crippen MR) is 180 cm³/mol. The first-order valence-electron chi connectivity index (χ1n) is 16.3. The number of fused-ring (bicyclic) bond motifs is 3. The molecule has 1 unspecified atom stereocenters. The summed E-state index contributed by atoms with van der Waals surface area (Å²) in [7, 11) is 1.34. The van der Waals surface area contributed by atoms with Gasteiger partial charge in [0.15, 0.2) is 0 Å². The van der Waals surface area contributed by atoms with Crippen molar-refractivity contribution in [2.24, 2.45) is 0 Å². The van der Waals surface area contributed by atoms with Gasteiger partial charge in [-0.1, -0.05) is 11.6 Å². The minimum Gasteiger partial charge on any atom is -0.491 e. The topological polar surface area (TPSA) is 95.8 Å². The number of thiophene rings is 1. The van der Waals surface area contributed by atoms with Crippen molar-refractivity contribution in [1.82, 2.24) is 19.4 Å². The van der Waals surface area contributed by atoms with Crippen molar-refractivity contribution < 1.29 is 32.2 Å². The molecule has 2 fully saturated rings. The van der Waals surface area contributed by atoms with Crippen LogP contribution in [0.25, 0.3) is 21.3 Å². The molecule has 260 valence electrons. The summed E-state index contributed by atoms with van der Waals surface area (Å²) in [5.74, 6) is 0.728. The van der Waals surface area contributed by atoms with Gasteiger partial charge < -0.3 is 9.47 Å². The van der Waals surface area contributed by atoms with Gasteiger partial charge in [-0.25, -0.2) is 9.78 Å². The first-order valence-corrected chi connectivity index (χ1v) is 17.6. The number of ether oxygens (including phenoxy) is 3. The molecule has 1 aromatic carbocycles. The maximum absolute atomic E-state index is 14.1. The Kier molecular flexibility index (Phi) is 9.00. The van der Waals surface area contributed by atoms with E-state index in [1.54, 1.807) is 22.1 Å². The van der Waals surface area contributed by atoms with Gasteiger partial charge in [-0.2, -0.15) is 0 Å². The number of nitrogens with zero attached hydrogens (tertiary/aromatic N) is 4. The van der Waals surface area contributed by atoms with E-state index in [-0.39, 0.29) is 30.2 Å². The minimum atomic E-state index is -4.63. The normalized spacial score (nSPS) is 19.3. The van der Waals surface area contributed by atoms with Crippen LogP contribution in [-0.2, 0) is 27.9 Å². The average molecular weight is 717 g/mol. The molecule has 3 aromatic heterocycles. The molecule has 0 bridgehead atoms. The summed E-state index contributed by atoms with van der Waals surface area (Å²) in [5, 5.41) is 2.25. The number of halogens is 4. The number of carbonyl (C=O) groups excluding carboxylic acids is 1. The summed E-state index contributed by atoms with van der Waals surface area (Å²) in [6.45, 7) is 5.14. The Morgan fingerprint density at radius 2 is 1.88 bits per heavy atom. The maximum atomic E-state index is 14.1. The summed E-state index contributed by atoms with van der Waals surface area (Å²) < 4.78 is 56.4. The summed E-state index contributed by atoms with van der Waals surface area (Å²) in [6.07, 6.45) is -1.57. The van der Waals surface area contributed by atoms with E-state index in [1.807, 2.05) is 26.0 Å². The summed E-state index contributed by atoms with van der Waals surface area (Å²) in [6, 6.07) is 7.34.